The van der Waals surface area contributed by atoms with Crippen LogP contribution in [0.2, 0.25) is 0 Å². The van der Waals surface area contributed by atoms with Crippen molar-refractivity contribution in [1.82, 2.24) is 20.4 Å². The van der Waals surface area contributed by atoms with Crippen molar-refractivity contribution in [2.75, 3.05) is 19.6 Å². The van der Waals surface area contributed by atoms with Crippen LogP contribution in [0.25, 0.3) is 0 Å². The van der Waals surface area contributed by atoms with E-state index in [1.807, 2.05) is 43.3 Å². The largest absolute Gasteiger partial charge is 0.471 e. The van der Waals surface area contributed by atoms with Crippen LogP contribution in [0.5, 0.6) is 5.88 Å². The number of aromatic nitrogens is 2. The molecule has 2 heterocycles. The molecule has 1 atom stereocenters. The third kappa shape index (κ3) is 5.67. The predicted octanol–water partition coefficient (Wildman–Crippen LogP) is 1.69. The highest BCUT2D eigenvalue weighted by Crippen LogP contribution is 2.16. The Labute approximate surface area is 157 Å². The zero-order valence-corrected chi connectivity index (χ0v) is 15.1. The number of rotatable bonds is 6. The molecule has 8 heteroatoms. The second-order valence-corrected chi connectivity index (χ2v) is 6.30. The molecular formula is C19H22N4O4. The molecule has 1 saturated heterocycles. The van der Waals surface area contributed by atoms with Gasteiger partial charge in [0.05, 0.1) is 12.2 Å². The summed E-state index contributed by atoms with van der Waals surface area (Å²) in [6.45, 7) is 2.94. The molecule has 1 aliphatic heterocycles. The van der Waals surface area contributed by atoms with E-state index in [-0.39, 0.29) is 25.2 Å². The Kier molecular flexibility index (Phi) is 6.19. The molecule has 0 aliphatic carbocycles. The lowest BCUT2D eigenvalue weighted by Gasteiger charge is -2.17. The number of likely N-dealkylation sites (tertiary alicyclic amines) is 1. The summed E-state index contributed by atoms with van der Waals surface area (Å²) in [6, 6.07) is 12.9. The Hall–Kier alpha value is -3.16. The average molecular weight is 370 g/mol. The van der Waals surface area contributed by atoms with Gasteiger partial charge in [0.2, 0.25) is 11.8 Å². The summed E-state index contributed by atoms with van der Waals surface area (Å²) in [7, 11) is 0. The lowest BCUT2D eigenvalue weighted by Crippen LogP contribution is -2.40. The summed E-state index contributed by atoms with van der Waals surface area (Å²) in [6.07, 6.45) is -0.0372. The van der Waals surface area contributed by atoms with Crippen LogP contribution >= 0.6 is 0 Å². The Bertz CT molecular complexity index is 767. The number of ether oxygens (including phenoxy) is 2. The Balaban J connectivity index is 1.37. The molecule has 1 fully saturated rings. The predicted molar refractivity (Wildman–Crippen MR) is 97.0 cm³/mol. The third-order valence-corrected chi connectivity index (χ3v) is 4.16. The summed E-state index contributed by atoms with van der Waals surface area (Å²) in [5.41, 5.74) is 1.70. The second kappa shape index (κ2) is 8.98. The van der Waals surface area contributed by atoms with Gasteiger partial charge in [0.15, 0.2) is 0 Å². The molecule has 27 heavy (non-hydrogen) atoms. The molecule has 8 nitrogen and oxygen atoms in total. The zero-order chi connectivity index (χ0) is 19.1. The maximum absolute atomic E-state index is 12.2. The Morgan fingerprint density at radius 2 is 2.00 bits per heavy atom. The van der Waals surface area contributed by atoms with Crippen LogP contribution in [-0.4, -0.2) is 52.8 Å². The molecule has 142 valence electrons. The van der Waals surface area contributed by atoms with Crippen LogP contribution in [0, 0.1) is 6.92 Å². The fraction of sp³-hybridized carbons (Fsp3) is 0.368. The van der Waals surface area contributed by atoms with Crippen molar-refractivity contribution in [1.29, 1.82) is 0 Å². The van der Waals surface area contributed by atoms with Gasteiger partial charge in [0, 0.05) is 19.0 Å². The highest BCUT2D eigenvalue weighted by atomic mass is 16.5. The second-order valence-electron chi connectivity index (χ2n) is 6.30. The molecule has 3 rings (SSSR count). The number of alkyl carbamates (subject to hydrolysis) is 1. The minimum atomic E-state index is -0.617. The van der Waals surface area contributed by atoms with Crippen LogP contribution in [0.3, 0.4) is 0 Å². The van der Waals surface area contributed by atoms with Crippen molar-refractivity contribution in [2.45, 2.75) is 26.1 Å². The zero-order valence-electron chi connectivity index (χ0n) is 15.1. The maximum atomic E-state index is 12.2. The van der Waals surface area contributed by atoms with Crippen molar-refractivity contribution in [2.24, 2.45) is 0 Å². The molecule has 2 amide bonds. The van der Waals surface area contributed by atoms with E-state index in [4.69, 9.17) is 9.47 Å². The monoisotopic (exact) mass is 370 g/mol. The molecule has 0 spiro atoms. The SMILES string of the molecule is Cc1ccc(OC2CCN(C(=O)CNC(=O)OCc3ccccc3)C2)nn1. The van der Waals surface area contributed by atoms with Gasteiger partial charge in [0.25, 0.3) is 0 Å². The minimum Gasteiger partial charge on any atom is -0.471 e. The van der Waals surface area contributed by atoms with Crippen molar-refractivity contribution in [3.8, 4) is 5.88 Å². The van der Waals surface area contributed by atoms with E-state index in [0.717, 1.165) is 11.3 Å². The summed E-state index contributed by atoms with van der Waals surface area (Å²) >= 11 is 0. The summed E-state index contributed by atoms with van der Waals surface area (Å²) in [5.74, 6) is 0.273. The highest BCUT2D eigenvalue weighted by molar-refractivity contribution is 5.82. The van der Waals surface area contributed by atoms with Crippen LogP contribution in [-0.2, 0) is 16.1 Å². The topological polar surface area (TPSA) is 93.7 Å². The van der Waals surface area contributed by atoms with Crippen LogP contribution < -0.4 is 10.1 Å². The van der Waals surface area contributed by atoms with E-state index in [0.29, 0.717) is 25.4 Å². The molecule has 1 aromatic carbocycles. The number of benzene rings is 1. The van der Waals surface area contributed by atoms with Gasteiger partial charge in [-0.3, -0.25) is 4.79 Å². The average Bonchev–Trinajstić information content (AvgIpc) is 3.16. The number of aryl methyl sites for hydroxylation is 1. The van der Waals surface area contributed by atoms with E-state index in [2.05, 4.69) is 15.5 Å². The van der Waals surface area contributed by atoms with Crippen LogP contribution in [0.15, 0.2) is 42.5 Å². The molecule has 1 N–H and O–H groups in total. The standard InChI is InChI=1S/C19H22N4O4/c1-14-7-8-17(22-21-14)27-16-9-10-23(12-16)18(24)11-20-19(25)26-13-15-5-3-2-4-6-15/h2-8,16H,9-13H2,1H3,(H,20,25). The first-order chi connectivity index (χ1) is 13.1. The molecule has 0 radical (unpaired) electrons. The number of carbonyl (C=O) groups is 2. The first kappa shape index (κ1) is 18.6. The van der Waals surface area contributed by atoms with E-state index >= 15 is 0 Å². The van der Waals surface area contributed by atoms with Crippen LogP contribution in [0.4, 0.5) is 4.79 Å². The lowest BCUT2D eigenvalue weighted by molar-refractivity contribution is -0.129. The van der Waals surface area contributed by atoms with Gasteiger partial charge in [-0.1, -0.05) is 30.3 Å². The third-order valence-electron chi connectivity index (χ3n) is 4.16. The minimum absolute atomic E-state index is 0.106. The van der Waals surface area contributed by atoms with Gasteiger partial charge in [0.1, 0.15) is 19.3 Å². The Morgan fingerprint density at radius 3 is 2.74 bits per heavy atom. The maximum Gasteiger partial charge on any atom is 0.407 e. The molecule has 0 bridgehead atoms. The van der Waals surface area contributed by atoms with E-state index in [9.17, 15) is 9.59 Å². The Morgan fingerprint density at radius 1 is 1.19 bits per heavy atom. The number of amides is 2. The summed E-state index contributed by atoms with van der Waals surface area (Å²) in [5, 5.41) is 10.4. The van der Waals surface area contributed by atoms with Gasteiger partial charge < -0.3 is 19.7 Å². The molecule has 2 aromatic rings. The van der Waals surface area contributed by atoms with Gasteiger partial charge in [-0.15, -0.1) is 5.10 Å². The van der Waals surface area contributed by atoms with Gasteiger partial charge >= 0.3 is 6.09 Å². The molecule has 0 saturated carbocycles. The smallest absolute Gasteiger partial charge is 0.407 e. The highest BCUT2D eigenvalue weighted by Gasteiger charge is 2.28. The van der Waals surface area contributed by atoms with Gasteiger partial charge in [-0.2, -0.15) is 5.10 Å². The fourth-order valence-electron chi connectivity index (χ4n) is 2.70. The first-order valence-electron chi connectivity index (χ1n) is 8.79. The van der Waals surface area contributed by atoms with Crippen molar-refractivity contribution >= 4 is 12.0 Å². The number of nitrogens with zero attached hydrogens (tertiary/aromatic N) is 3. The summed E-state index contributed by atoms with van der Waals surface area (Å²) < 4.78 is 10.8. The van der Waals surface area contributed by atoms with E-state index in [1.54, 1.807) is 11.0 Å². The normalized spacial score (nSPS) is 16.0. The number of hydrogen-bond acceptors (Lipinski definition) is 6. The van der Waals surface area contributed by atoms with Crippen LogP contribution in [0.1, 0.15) is 17.7 Å². The molecular weight excluding hydrogens is 348 g/mol. The molecule has 1 aromatic heterocycles. The first-order valence-corrected chi connectivity index (χ1v) is 8.79. The van der Waals surface area contributed by atoms with Crippen molar-refractivity contribution in [3.63, 3.8) is 0 Å². The number of nitrogens with one attached hydrogen (secondary N) is 1. The van der Waals surface area contributed by atoms with Crippen molar-refractivity contribution < 1.29 is 19.1 Å². The number of hydrogen-bond donors (Lipinski definition) is 1. The van der Waals surface area contributed by atoms with Gasteiger partial charge in [-0.25, -0.2) is 4.79 Å². The van der Waals surface area contributed by atoms with Gasteiger partial charge in [-0.05, 0) is 18.6 Å². The number of carbonyl (C=O) groups excluding carboxylic acids is 2. The van der Waals surface area contributed by atoms with Crippen molar-refractivity contribution in [3.05, 3.63) is 53.7 Å². The summed E-state index contributed by atoms with van der Waals surface area (Å²) in [4.78, 5) is 25.6. The quantitative estimate of drug-likeness (QED) is 0.832. The molecule has 1 aliphatic rings. The fourth-order valence-corrected chi connectivity index (χ4v) is 2.70. The molecule has 1 unspecified atom stereocenters. The van der Waals surface area contributed by atoms with E-state index in [1.165, 1.54) is 0 Å². The lowest BCUT2D eigenvalue weighted by atomic mass is 10.2. The van der Waals surface area contributed by atoms with E-state index < -0.39 is 6.09 Å².